The number of aryl methyl sites for hydroxylation is 1. The lowest BCUT2D eigenvalue weighted by Crippen LogP contribution is -2.32. The van der Waals surface area contributed by atoms with Crippen LogP contribution in [-0.2, 0) is 20.7 Å². The second kappa shape index (κ2) is 7.77. The Hall–Kier alpha value is -3.22. The summed E-state index contributed by atoms with van der Waals surface area (Å²) < 4.78 is 6.34. The first-order valence-electron chi connectivity index (χ1n) is 8.41. The molecule has 1 aromatic carbocycles. The molecule has 7 nitrogen and oxygen atoms in total. The van der Waals surface area contributed by atoms with E-state index in [1.165, 1.54) is 16.8 Å². The van der Waals surface area contributed by atoms with Gasteiger partial charge in [-0.25, -0.2) is 9.78 Å². The van der Waals surface area contributed by atoms with Gasteiger partial charge in [-0.15, -0.1) is 0 Å². The van der Waals surface area contributed by atoms with E-state index in [2.05, 4.69) is 10.3 Å². The first kappa shape index (κ1) is 17.6. The monoisotopic (exact) mass is 353 g/mol. The van der Waals surface area contributed by atoms with E-state index in [0.29, 0.717) is 18.7 Å². The summed E-state index contributed by atoms with van der Waals surface area (Å²) >= 11 is 0. The SMILES string of the molecule is CCOC(=O)[C@@H]1CCc2ncc(NC(=O)C=Cc3ccccc3)c(=O)n21. The number of nitrogens with zero attached hydrogens (tertiary/aromatic N) is 2. The Balaban J connectivity index is 1.79. The molecule has 0 spiro atoms. The summed E-state index contributed by atoms with van der Waals surface area (Å²) in [7, 11) is 0. The molecular weight excluding hydrogens is 334 g/mol. The van der Waals surface area contributed by atoms with Crippen LogP contribution in [0, 0.1) is 0 Å². The van der Waals surface area contributed by atoms with Crippen LogP contribution in [-0.4, -0.2) is 28.0 Å². The van der Waals surface area contributed by atoms with Gasteiger partial charge in [-0.05, 0) is 25.0 Å². The Morgan fingerprint density at radius 1 is 1.35 bits per heavy atom. The molecule has 0 unspecified atom stereocenters. The molecule has 2 heterocycles. The van der Waals surface area contributed by atoms with E-state index in [9.17, 15) is 14.4 Å². The van der Waals surface area contributed by atoms with Crippen molar-refractivity contribution in [1.82, 2.24) is 9.55 Å². The molecule has 0 saturated carbocycles. The summed E-state index contributed by atoms with van der Waals surface area (Å²) in [5.74, 6) is -0.382. The average Bonchev–Trinajstić information content (AvgIpc) is 3.08. The largest absolute Gasteiger partial charge is 0.464 e. The minimum Gasteiger partial charge on any atom is -0.464 e. The number of esters is 1. The first-order chi connectivity index (χ1) is 12.6. The Kier molecular flexibility index (Phi) is 5.26. The number of fused-ring (bicyclic) bond motifs is 1. The van der Waals surface area contributed by atoms with Crippen molar-refractivity contribution in [1.29, 1.82) is 0 Å². The zero-order valence-electron chi connectivity index (χ0n) is 14.3. The maximum atomic E-state index is 12.7. The normalized spacial score (nSPS) is 15.7. The third-order valence-electron chi connectivity index (χ3n) is 4.07. The van der Waals surface area contributed by atoms with Crippen LogP contribution in [0.15, 0.2) is 47.4 Å². The molecule has 7 heteroatoms. The van der Waals surface area contributed by atoms with E-state index >= 15 is 0 Å². The number of benzene rings is 1. The van der Waals surface area contributed by atoms with Crippen LogP contribution in [0.2, 0.25) is 0 Å². The molecule has 1 aliphatic heterocycles. The van der Waals surface area contributed by atoms with Crippen LogP contribution < -0.4 is 10.9 Å². The zero-order valence-corrected chi connectivity index (χ0v) is 14.3. The van der Waals surface area contributed by atoms with Gasteiger partial charge in [0.2, 0.25) is 5.91 Å². The summed E-state index contributed by atoms with van der Waals surface area (Å²) in [5, 5.41) is 2.53. The van der Waals surface area contributed by atoms with Crippen molar-refractivity contribution in [2.75, 3.05) is 11.9 Å². The molecule has 1 aromatic heterocycles. The van der Waals surface area contributed by atoms with Gasteiger partial charge >= 0.3 is 5.97 Å². The van der Waals surface area contributed by atoms with Crippen LogP contribution in [0.25, 0.3) is 6.08 Å². The van der Waals surface area contributed by atoms with Gasteiger partial charge in [0, 0.05) is 12.5 Å². The number of anilines is 1. The molecule has 3 rings (SSSR count). The van der Waals surface area contributed by atoms with Crippen LogP contribution in [0.1, 0.15) is 30.8 Å². The minimum atomic E-state index is -0.693. The topological polar surface area (TPSA) is 90.3 Å². The van der Waals surface area contributed by atoms with Gasteiger partial charge in [0.15, 0.2) is 0 Å². The fourth-order valence-electron chi connectivity index (χ4n) is 2.86. The number of aromatic nitrogens is 2. The fourth-order valence-corrected chi connectivity index (χ4v) is 2.86. The minimum absolute atomic E-state index is 0.0349. The molecule has 0 aliphatic carbocycles. The van der Waals surface area contributed by atoms with Crippen molar-refractivity contribution in [3.63, 3.8) is 0 Å². The number of hydrogen-bond acceptors (Lipinski definition) is 5. The first-order valence-corrected chi connectivity index (χ1v) is 8.41. The molecule has 0 bridgehead atoms. The number of amides is 1. The highest BCUT2D eigenvalue weighted by Gasteiger charge is 2.32. The van der Waals surface area contributed by atoms with Gasteiger partial charge in [0.25, 0.3) is 5.56 Å². The molecule has 26 heavy (non-hydrogen) atoms. The van der Waals surface area contributed by atoms with E-state index in [1.807, 2.05) is 30.3 Å². The van der Waals surface area contributed by atoms with Crippen molar-refractivity contribution in [2.24, 2.45) is 0 Å². The molecule has 0 saturated heterocycles. The van der Waals surface area contributed by atoms with E-state index < -0.39 is 23.5 Å². The van der Waals surface area contributed by atoms with E-state index in [4.69, 9.17) is 4.74 Å². The summed E-state index contributed by atoms with van der Waals surface area (Å²) in [4.78, 5) is 41.0. The van der Waals surface area contributed by atoms with E-state index in [0.717, 1.165) is 5.56 Å². The van der Waals surface area contributed by atoms with Crippen LogP contribution >= 0.6 is 0 Å². The predicted octanol–water partition coefficient (Wildman–Crippen LogP) is 1.95. The highest BCUT2D eigenvalue weighted by molar-refractivity contribution is 6.01. The molecule has 1 aliphatic rings. The van der Waals surface area contributed by atoms with Crippen molar-refractivity contribution >= 4 is 23.6 Å². The number of ether oxygens (including phenoxy) is 1. The van der Waals surface area contributed by atoms with Crippen molar-refractivity contribution < 1.29 is 14.3 Å². The predicted molar refractivity (Wildman–Crippen MR) is 96.6 cm³/mol. The Morgan fingerprint density at radius 2 is 2.12 bits per heavy atom. The molecule has 2 aromatic rings. The third-order valence-corrected chi connectivity index (χ3v) is 4.07. The van der Waals surface area contributed by atoms with Gasteiger partial charge in [-0.2, -0.15) is 0 Å². The van der Waals surface area contributed by atoms with Crippen LogP contribution in [0.5, 0.6) is 0 Å². The standard InChI is InChI=1S/C19H19N3O4/c1-2-26-19(25)15-9-10-16-20-12-14(18(24)22(15)16)21-17(23)11-8-13-6-4-3-5-7-13/h3-8,11-12,15H,2,9-10H2,1H3,(H,21,23)/t15-/m0/s1. The summed E-state index contributed by atoms with van der Waals surface area (Å²) in [5.41, 5.74) is 0.452. The second-order valence-electron chi connectivity index (χ2n) is 5.80. The highest BCUT2D eigenvalue weighted by atomic mass is 16.5. The average molecular weight is 353 g/mol. The smallest absolute Gasteiger partial charge is 0.329 e. The van der Waals surface area contributed by atoms with Gasteiger partial charge < -0.3 is 10.1 Å². The number of hydrogen-bond donors (Lipinski definition) is 1. The third kappa shape index (κ3) is 3.72. The second-order valence-corrected chi connectivity index (χ2v) is 5.80. The highest BCUT2D eigenvalue weighted by Crippen LogP contribution is 2.24. The van der Waals surface area contributed by atoms with Gasteiger partial charge in [-0.1, -0.05) is 30.3 Å². The quantitative estimate of drug-likeness (QED) is 0.655. The number of carbonyl (C=O) groups excluding carboxylic acids is 2. The Labute approximate surface area is 150 Å². The Morgan fingerprint density at radius 3 is 2.85 bits per heavy atom. The van der Waals surface area contributed by atoms with Crippen LogP contribution in [0.4, 0.5) is 5.69 Å². The van der Waals surface area contributed by atoms with Gasteiger partial charge in [0.1, 0.15) is 17.6 Å². The molecule has 0 radical (unpaired) electrons. The summed E-state index contributed by atoms with van der Waals surface area (Å²) in [6, 6.07) is 8.64. The lowest BCUT2D eigenvalue weighted by molar-refractivity contribution is -0.147. The molecule has 1 N–H and O–H groups in total. The van der Waals surface area contributed by atoms with Gasteiger partial charge in [0.05, 0.1) is 12.8 Å². The number of nitrogens with one attached hydrogen (secondary N) is 1. The fraction of sp³-hybridized carbons (Fsp3) is 0.263. The molecule has 1 amide bonds. The van der Waals surface area contributed by atoms with E-state index in [-0.39, 0.29) is 12.3 Å². The summed E-state index contributed by atoms with van der Waals surface area (Å²) in [6.07, 6.45) is 5.30. The zero-order chi connectivity index (χ0) is 18.5. The van der Waals surface area contributed by atoms with Crippen LogP contribution in [0.3, 0.4) is 0 Å². The lowest BCUT2D eigenvalue weighted by Gasteiger charge is -2.13. The van der Waals surface area contributed by atoms with Crippen molar-refractivity contribution in [3.05, 3.63) is 64.3 Å². The Bertz CT molecular complexity index is 903. The molecule has 134 valence electrons. The van der Waals surface area contributed by atoms with Crippen molar-refractivity contribution in [3.8, 4) is 0 Å². The molecule has 1 atom stereocenters. The van der Waals surface area contributed by atoms with E-state index in [1.54, 1.807) is 13.0 Å². The molecular formula is C19H19N3O4. The van der Waals surface area contributed by atoms with Crippen molar-refractivity contribution in [2.45, 2.75) is 25.8 Å². The number of rotatable bonds is 5. The maximum absolute atomic E-state index is 12.7. The maximum Gasteiger partial charge on any atom is 0.329 e. The van der Waals surface area contributed by atoms with Gasteiger partial charge in [-0.3, -0.25) is 14.2 Å². The summed E-state index contributed by atoms with van der Waals surface area (Å²) in [6.45, 7) is 1.96. The molecule has 0 fully saturated rings. The lowest BCUT2D eigenvalue weighted by atomic mass is 10.2. The number of carbonyl (C=O) groups is 2.